The fraction of sp³-hybridized carbons (Fsp3) is 0.238. The van der Waals surface area contributed by atoms with Crippen molar-refractivity contribution in [3.05, 3.63) is 59.1 Å². The second-order valence-electron chi connectivity index (χ2n) is 6.75. The molecule has 1 aliphatic heterocycles. The average molecular weight is 414 g/mol. The SMILES string of the molecule is CC(=O)Nc1ccc(N2C(=O)CC(N(Cc3ccccc3Cl)C(C)=O)C2=O)cc1. The number of carbonyl (C=O) groups excluding carboxylic acids is 4. The summed E-state index contributed by atoms with van der Waals surface area (Å²) < 4.78 is 0. The van der Waals surface area contributed by atoms with Crippen LogP contribution in [0, 0.1) is 0 Å². The zero-order valence-corrected chi connectivity index (χ0v) is 16.8. The number of benzene rings is 2. The van der Waals surface area contributed by atoms with E-state index >= 15 is 0 Å². The first kappa shape index (κ1) is 20.5. The smallest absolute Gasteiger partial charge is 0.257 e. The highest BCUT2D eigenvalue weighted by atomic mass is 35.5. The fourth-order valence-electron chi connectivity index (χ4n) is 3.28. The van der Waals surface area contributed by atoms with Gasteiger partial charge in [0.1, 0.15) is 6.04 Å². The summed E-state index contributed by atoms with van der Waals surface area (Å²) in [6, 6.07) is 12.5. The maximum atomic E-state index is 13.0. The van der Waals surface area contributed by atoms with Crippen LogP contribution in [0.3, 0.4) is 0 Å². The second kappa shape index (κ2) is 8.45. The Morgan fingerprint density at radius 3 is 2.34 bits per heavy atom. The molecular formula is C21H20ClN3O4. The van der Waals surface area contributed by atoms with Gasteiger partial charge in [0, 0.05) is 31.1 Å². The molecule has 0 aromatic heterocycles. The molecule has 3 rings (SSSR count). The molecule has 0 bridgehead atoms. The van der Waals surface area contributed by atoms with Crippen molar-refractivity contribution in [1.82, 2.24) is 4.90 Å². The number of nitrogens with zero attached hydrogens (tertiary/aromatic N) is 2. The lowest BCUT2D eigenvalue weighted by atomic mass is 10.1. The van der Waals surface area contributed by atoms with Gasteiger partial charge in [-0.3, -0.25) is 19.2 Å². The number of rotatable bonds is 5. The lowest BCUT2D eigenvalue weighted by molar-refractivity contribution is -0.137. The van der Waals surface area contributed by atoms with Gasteiger partial charge >= 0.3 is 0 Å². The molecule has 0 spiro atoms. The number of hydrogen-bond donors (Lipinski definition) is 1. The fourth-order valence-corrected chi connectivity index (χ4v) is 3.47. The van der Waals surface area contributed by atoms with Gasteiger partial charge in [0.05, 0.1) is 12.1 Å². The number of carbonyl (C=O) groups is 4. The van der Waals surface area contributed by atoms with Crippen molar-refractivity contribution in [1.29, 1.82) is 0 Å². The van der Waals surface area contributed by atoms with E-state index in [1.807, 2.05) is 0 Å². The van der Waals surface area contributed by atoms with Crippen molar-refractivity contribution in [2.24, 2.45) is 0 Å². The van der Waals surface area contributed by atoms with E-state index < -0.39 is 17.9 Å². The molecule has 8 heteroatoms. The predicted octanol–water partition coefficient (Wildman–Crippen LogP) is 2.98. The van der Waals surface area contributed by atoms with Crippen LogP contribution in [-0.4, -0.2) is 34.6 Å². The quantitative estimate of drug-likeness (QED) is 0.763. The van der Waals surface area contributed by atoms with Gasteiger partial charge in [-0.15, -0.1) is 0 Å². The standard InChI is InChI=1S/C21H20ClN3O4/c1-13(26)23-16-7-9-17(10-8-16)25-20(28)11-19(21(25)29)24(14(2)27)12-15-5-3-4-6-18(15)22/h3-10,19H,11-12H2,1-2H3,(H,23,26). The predicted molar refractivity (Wildman–Crippen MR) is 109 cm³/mol. The molecule has 150 valence electrons. The number of hydrogen-bond acceptors (Lipinski definition) is 4. The molecule has 0 radical (unpaired) electrons. The van der Waals surface area contributed by atoms with Gasteiger partial charge < -0.3 is 10.2 Å². The van der Waals surface area contributed by atoms with Crippen LogP contribution in [0.15, 0.2) is 48.5 Å². The van der Waals surface area contributed by atoms with Crippen molar-refractivity contribution in [3.63, 3.8) is 0 Å². The highest BCUT2D eigenvalue weighted by Gasteiger charge is 2.43. The van der Waals surface area contributed by atoms with E-state index in [0.717, 1.165) is 4.90 Å². The highest BCUT2D eigenvalue weighted by molar-refractivity contribution is 6.31. The summed E-state index contributed by atoms with van der Waals surface area (Å²) in [5.41, 5.74) is 1.64. The van der Waals surface area contributed by atoms with Gasteiger partial charge in [0.2, 0.25) is 17.7 Å². The number of amides is 4. The van der Waals surface area contributed by atoms with E-state index in [4.69, 9.17) is 11.6 Å². The maximum Gasteiger partial charge on any atom is 0.257 e. The summed E-state index contributed by atoms with van der Waals surface area (Å²) in [6.07, 6.45) is -0.101. The van der Waals surface area contributed by atoms with Crippen LogP contribution in [0.5, 0.6) is 0 Å². The molecule has 1 N–H and O–H groups in total. The van der Waals surface area contributed by atoms with E-state index in [1.54, 1.807) is 48.5 Å². The molecule has 1 fully saturated rings. The van der Waals surface area contributed by atoms with E-state index in [2.05, 4.69) is 5.32 Å². The summed E-state index contributed by atoms with van der Waals surface area (Å²) in [7, 11) is 0. The molecule has 1 unspecified atom stereocenters. The Morgan fingerprint density at radius 1 is 1.10 bits per heavy atom. The lowest BCUT2D eigenvalue weighted by Gasteiger charge is -2.27. The van der Waals surface area contributed by atoms with Crippen LogP contribution in [0.2, 0.25) is 5.02 Å². The van der Waals surface area contributed by atoms with Gasteiger partial charge in [-0.1, -0.05) is 29.8 Å². The first-order valence-electron chi connectivity index (χ1n) is 9.03. The molecule has 1 aliphatic rings. The molecule has 1 heterocycles. The molecule has 1 saturated heterocycles. The van der Waals surface area contributed by atoms with Crippen molar-refractivity contribution >= 4 is 46.6 Å². The van der Waals surface area contributed by atoms with Crippen LogP contribution < -0.4 is 10.2 Å². The summed E-state index contributed by atoms with van der Waals surface area (Å²) in [4.78, 5) is 51.4. The number of imide groups is 1. The molecule has 0 saturated carbocycles. The molecule has 7 nitrogen and oxygen atoms in total. The number of nitrogens with one attached hydrogen (secondary N) is 1. The number of halogens is 1. The summed E-state index contributed by atoms with van der Waals surface area (Å²) in [5, 5.41) is 3.11. The van der Waals surface area contributed by atoms with Gasteiger partial charge in [-0.25, -0.2) is 4.90 Å². The van der Waals surface area contributed by atoms with Gasteiger partial charge in [-0.05, 0) is 35.9 Å². The van der Waals surface area contributed by atoms with Crippen molar-refractivity contribution < 1.29 is 19.2 Å². The molecule has 1 atom stereocenters. The average Bonchev–Trinajstić information content (AvgIpc) is 2.95. The summed E-state index contributed by atoms with van der Waals surface area (Å²) in [6.45, 7) is 2.88. The molecule has 4 amide bonds. The summed E-state index contributed by atoms with van der Waals surface area (Å²) in [5.74, 6) is -1.40. The van der Waals surface area contributed by atoms with Crippen LogP contribution in [0.4, 0.5) is 11.4 Å². The lowest BCUT2D eigenvalue weighted by Crippen LogP contribution is -2.44. The van der Waals surface area contributed by atoms with E-state index in [0.29, 0.717) is 22.0 Å². The van der Waals surface area contributed by atoms with Gasteiger partial charge in [-0.2, -0.15) is 0 Å². The third kappa shape index (κ3) is 4.46. The Balaban J connectivity index is 1.83. The Hall–Kier alpha value is -3.19. The molecule has 29 heavy (non-hydrogen) atoms. The minimum Gasteiger partial charge on any atom is -0.326 e. The number of anilines is 2. The highest BCUT2D eigenvalue weighted by Crippen LogP contribution is 2.28. The van der Waals surface area contributed by atoms with Gasteiger partial charge in [0.25, 0.3) is 5.91 Å². The van der Waals surface area contributed by atoms with Crippen molar-refractivity contribution in [2.75, 3.05) is 10.2 Å². The largest absolute Gasteiger partial charge is 0.326 e. The van der Waals surface area contributed by atoms with E-state index in [1.165, 1.54) is 18.7 Å². The Labute approximate surface area is 173 Å². The van der Waals surface area contributed by atoms with Crippen LogP contribution in [-0.2, 0) is 25.7 Å². The third-order valence-electron chi connectivity index (χ3n) is 4.65. The Morgan fingerprint density at radius 2 is 1.76 bits per heavy atom. The normalized spacial score (nSPS) is 16.1. The Bertz CT molecular complexity index is 974. The van der Waals surface area contributed by atoms with E-state index in [9.17, 15) is 19.2 Å². The molecule has 0 aliphatic carbocycles. The minimum atomic E-state index is -0.897. The minimum absolute atomic E-state index is 0.101. The second-order valence-corrected chi connectivity index (χ2v) is 7.16. The Kier molecular flexibility index (Phi) is 5.98. The maximum absolute atomic E-state index is 13.0. The van der Waals surface area contributed by atoms with Crippen molar-refractivity contribution in [3.8, 4) is 0 Å². The monoisotopic (exact) mass is 413 g/mol. The molecule has 2 aromatic rings. The first-order chi connectivity index (χ1) is 13.8. The van der Waals surface area contributed by atoms with Crippen LogP contribution >= 0.6 is 11.6 Å². The topological polar surface area (TPSA) is 86.8 Å². The van der Waals surface area contributed by atoms with E-state index in [-0.39, 0.29) is 24.8 Å². The zero-order chi connectivity index (χ0) is 21.1. The van der Waals surface area contributed by atoms with Gasteiger partial charge in [0.15, 0.2) is 0 Å². The molecular weight excluding hydrogens is 394 g/mol. The molecule has 2 aromatic carbocycles. The zero-order valence-electron chi connectivity index (χ0n) is 16.0. The summed E-state index contributed by atoms with van der Waals surface area (Å²) >= 11 is 6.19. The third-order valence-corrected chi connectivity index (χ3v) is 5.02. The van der Waals surface area contributed by atoms with Crippen LogP contribution in [0.25, 0.3) is 0 Å². The first-order valence-corrected chi connectivity index (χ1v) is 9.41. The van der Waals surface area contributed by atoms with Crippen LogP contribution in [0.1, 0.15) is 25.8 Å². The van der Waals surface area contributed by atoms with Crippen molar-refractivity contribution in [2.45, 2.75) is 32.9 Å².